The maximum atomic E-state index is 13.3. The Hall–Kier alpha value is -1.99. The second-order valence-corrected chi connectivity index (χ2v) is 7.49. The van der Waals surface area contributed by atoms with Crippen LogP contribution in [0.5, 0.6) is 0 Å². The average molecular weight is 359 g/mol. The van der Waals surface area contributed by atoms with Gasteiger partial charge in [0.15, 0.2) is 0 Å². The number of nitrogen functional groups attached to an aromatic ring is 1. The van der Waals surface area contributed by atoms with Gasteiger partial charge in [0, 0.05) is 12.2 Å². The summed E-state index contributed by atoms with van der Waals surface area (Å²) < 4.78 is 45.1. The molecule has 140 valence electrons. The number of nitrogens with one attached hydrogen (secondary N) is 1. The fourth-order valence-corrected chi connectivity index (χ4v) is 3.22. The Labute approximate surface area is 145 Å². The molecule has 1 amide bonds. The fraction of sp³-hybridized carbons (Fsp3) is 0.647. The maximum absolute atomic E-state index is 13.3. The van der Waals surface area contributed by atoms with Gasteiger partial charge in [-0.1, -0.05) is 0 Å². The molecular formula is C17H24F3N3O2. The first-order valence-electron chi connectivity index (χ1n) is 8.21. The predicted octanol–water partition coefficient (Wildman–Crippen LogP) is 4.00. The Balaban J connectivity index is 2.17. The lowest BCUT2D eigenvalue weighted by Gasteiger charge is -2.37. The number of amides is 1. The molecule has 1 aliphatic carbocycles. The topological polar surface area (TPSA) is 77.2 Å². The average Bonchev–Trinajstić information content (AvgIpc) is 2.44. The fourth-order valence-electron chi connectivity index (χ4n) is 3.22. The molecule has 0 saturated heterocycles. The van der Waals surface area contributed by atoms with Crippen molar-refractivity contribution in [3.63, 3.8) is 0 Å². The maximum Gasteiger partial charge on any atom is 0.407 e. The van der Waals surface area contributed by atoms with E-state index in [1.165, 1.54) is 12.4 Å². The Morgan fingerprint density at radius 1 is 1.28 bits per heavy atom. The minimum Gasteiger partial charge on any atom is -0.444 e. The molecule has 0 spiro atoms. The molecule has 1 heterocycles. The summed E-state index contributed by atoms with van der Waals surface area (Å²) in [6.45, 7) is 5.10. The number of anilines is 1. The molecule has 1 aromatic rings. The Morgan fingerprint density at radius 3 is 2.52 bits per heavy atom. The van der Waals surface area contributed by atoms with Crippen LogP contribution < -0.4 is 11.1 Å². The molecule has 1 saturated carbocycles. The second kappa shape index (κ2) is 7.09. The minimum absolute atomic E-state index is 0.0514. The third-order valence-corrected chi connectivity index (χ3v) is 4.22. The van der Waals surface area contributed by atoms with E-state index in [0.717, 1.165) is 0 Å². The van der Waals surface area contributed by atoms with Gasteiger partial charge in [-0.15, -0.1) is 0 Å². The first kappa shape index (κ1) is 19.3. The van der Waals surface area contributed by atoms with Gasteiger partial charge >= 0.3 is 12.3 Å². The van der Waals surface area contributed by atoms with Crippen molar-refractivity contribution in [1.82, 2.24) is 10.3 Å². The van der Waals surface area contributed by atoms with E-state index in [4.69, 9.17) is 10.5 Å². The SMILES string of the molecule is CC(C)(C)OC(=O)N[C@@H]1CC(c2ccncc2N)CC(C(F)(F)F)C1. The summed E-state index contributed by atoms with van der Waals surface area (Å²) in [6, 6.07) is 1.01. The van der Waals surface area contributed by atoms with E-state index in [9.17, 15) is 18.0 Å². The van der Waals surface area contributed by atoms with Crippen molar-refractivity contribution in [3.05, 3.63) is 24.0 Å². The Morgan fingerprint density at radius 2 is 1.96 bits per heavy atom. The molecule has 3 N–H and O–H groups in total. The molecule has 0 radical (unpaired) electrons. The normalized spacial score (nSPS) is 24.6. The summed E-state index contributed by atoms with van der Waals surface area (Å²) >= 11 is 0. The Kier molecular flexibility index (Phi) is 5.49. The number of carbonyl (C=O) groups is 1. The summed E-state index contributed by atoms with van der Waals surface area (Å²) in [5.74, 6) is -1.90. The van der Waals surface area contributed by atoms with E-state index in [1.54, 1.807) is 26.8 Å². The highest BCUT2D eigenvalue weighted by molar-refractivity contribution is 5.68. The molecule has 5 nitrogen and oxygen atoms in total. The summed E-state index contributed by atoms with van der Waals surface area (Å²) in [6.07, 6.45) is -1.92. The van der Waals surface area contributed by atoms with Crippen molar-refractivity contribution in [2.24, 2.45) is 5.92 Å². The zero-order valence-corrected chi connectivity index (χ0v) is 14.6. The van der Waals surface area contributed by atoms with E-state index in [-0.39, 0.29) is 12.8 Å². The monoisotopic (exact) mass is 359 g/mol. The van der Waals surface area contributed by atoms with E-state index >= 15 is 0 Å². The van der Waals surface area contributed by atoms with Gasteiger partial charge in [-0.2, -0.15) is 13.2 Å². The van der Waals surface area contributed by atoms with E-state index < -0.39 is 35.7 Å². The number of halogens is 3. The van der Waals surface area contributed by atoms with Crippen molar-refractivity contribution in [2.75, 3.05) is 5.73 Å². The number of hydrogen-bond donors (Lipinski definition) is 2. The lowest BCUT2D eigenvalue weighted by atomic mass is 9.75. The summed E-state index contributed by atoms with van der Waals surface area (Å²) in [5, 5.41) is 2.58. The van der Waals surface area contributed by atoms with Crippen LogP contribution in [0, 0.1) is 5.92 Å². The van der Waals surface area contributed by atoms with Crippen LogP contribution in [0.1, 0.15) is 51.5 Å². The van der Waals surface area contributed by atoms with E-state index in [0.29, 0.717) is 17.7 Å². The molecule has 0 aromatic carbocycles. The minimum atomic E-state index is -4.33. The smallest absolute Gasteiger partial charge is 0.407 e. The van der Waals surface area contributed by atoms with Gasteiger partial charge in [0.05, 0.1) is 17.8 Å². The molecule has 1 fully saturated rings. The number of ether oxygens (including phenoxy) is 1. The van der Waals surface area contributed by atoms with Crippen molar-refractivity contribution in [1.29, 1.82) is 0 Å². The van der Waals surface area contributed by atoms with Crippen LogP contribution in [0.3, 0.4) is 0 Å². The van der Waals surface area contributed by atoms with Gasteiger partial charge in [0.25, 0.3) is 0 Å². The van der Waals surface area contributed by atoms with E-state index in [2.05, 4.69) is 10.3 Å². The quantitative estimate of drug-likeness (QED) is 0.837. The molecule has 0 bridgehead atoms. The molecule has 8 heteroatoms. The van der Waals surface area contributed by atoms with Crippen molar-refractivity contribution >= 4 is 11.8 Å². The summed E-state index contributed by atoms with van der Waals surface area (Å²) in [7, 11) is 0. The van der Waals surface area contributed by atoms with Gasteiger partial charge < -0.3 is 15.8 Å². The lowest BCUT2D eigenvalue weighted by molar-refractivity contribution is -0.185. The van der Waals surface area contributed by atoms with Gasteiger partial charge in [0.2, 0.25) is 0 Å². The number of carbonyl (C=O) groups excluding carboxylic acids is 1. The van der Waals surface area contributed by atoms with Gasteiger partial charge in [-0.3, -0.25) is 4.98 Å². The van der Waals surface area contributed by atoms with Crippen LogP contribution in [-0.2, 0) is 4.74 Å². The molecule has 1 aromatic heterocycles. The largest absolute Gasteiger partial charge is 0.444 e. The summed E-state index contributed by atoms with van der Waals surface area (Å²) in [5.41, 5.74) is 6.17. The van der Waals surface area contributed by atoms with Crippen LogP contribution in [0.4, 0.5) is 23.7 Å². The van der Waals surface area contributed by atoms with Crippen LogP contribution in [0.25, 0.3) is 0 Å². The number of hydrogen-bond acceptors (Lipinski definition) is 4. The lowest BCUT2D eigenvalue weighted by Crippen LogP contribution is -2.45. The third-order valence-electron chi connectivity index (χ3n) is 4.22. The van der Waals surface area contributed by atoms with Gasteiger partial charge in [-0.05, 0) is 57.6 Å². The number of rotatable bonds is 2. The number of alkyl halides is 3. The zero-order valence-electron chi connectivity index (χ0n) is 14.6. The third kappa shape index (κ3) is 5.51. The number of pyridine rings is 1. The number of nitrogens with two attached hydrogens (primary N) is 1. The standard InChI is InChI=1S/C17H24F3N3O2/c1-16(2,3)25-15(24)23-12-7-10(6-11(8-12)17(18,19)20)13-4-5-22-9-14(13)21/h4-5,9-12H,6-8,21H2,1-3H3,(H,23,24)/t10?,11?,12-/m1/s1. The van der Waals surface area contributed by atoms with Crippen LogP contribution in [0.15, 0.2) is 18.5 Å². The Bertz CT molecular complexity index is 614. The number of nitrogens with zero attached hydrogens (tertiary/aromatic N) is 1. The molecule has 3 atom stereocenters. The van der Waals surface area contributed by atoms with Crippen molar-refractivity contribution < 1.29 is 22.7 Å². The summed E-state index contributed by atoms with van der Waals surface area (Å²) in [4.78, 5) is 15.8. The number of aromatic nitrogens is 1. The molecule has 0 aliphatic heterocycles. The van der Waals surface area contributed by atoms with Crippen LogP contribution >= 0.6 is 0 Å². The molecule has 1 aliphatic rings. The highest BCUT2D eigenvalue weighted by Crippen LogP contribution is 2.44. The second-order valence-electron chi connectivity index (χ2n) is 7.49. The highest BCUT2D eigenvalue weighted by Gasteiger charge is 2.46. The number of alkyl carbamates (subject to hydrolysis) is 1. The van der Waals surface area contributed by atoms with Crippen molar-refractivity contribution in [2.45, 2.75) is 63.8 Å². The van der Waals surface area contributed by atoms with Crippen LogP contribution in [0.2, 0.25) is 0 Å². The first-order chi connectivity index (χ1) is 11.5. The molecule has 25 heavy (non-hydrogen) atoms. The zero-order chi connectivity index (χ0) is 18.8. The molecule has 2 rings (SSSR count). The van der Waals surface area contributed by atoms with E-state index in [1.807, 2.05) is 0 Å². The predicted molar refractivity (Wildman–Crippen MR) is 87.9 cm³/mol. The van der Waals surface area contributed by atoms with Crippen LogP contribution in [-0.4, -0.2) is 28.9 Å². The molecular weight excluding hydrogens is 335 g/mol. The first-order valence-corrected chi connectivity index (χ1v) is 8.21. The highest BCUT2D eigenvalue weighted by atomic mass is 19.4. The molecule has 2 unspecified atom stereocenters. The van der Waals surface area contributed by atoms with Gasteiger partial charge in [0.1, 0.15) is 5.60 Å². The van der Waals surface area contributed by atoms with Crippen molar-refractivity contribution in [3.8, 4) is 0 Å². The van der Waals surface area contributed by atoms with Gasteiger partial charge in [-0.25, -0.2) is 4.79 Å².